The van der Waals surface area contributed by atoms with Crippen molar-refractivity contribution in [3.05, 3.63) is 71.6 Å². The molecule has 2 aliphatic rings. The highest BCUT2D eigenvalue weighted by molar-refractivity contribution is 7.21. The molecule has 0 fully saturated rings. The SMILES string of the molecule is CCNc1ccc2c(-c3ccccc3C)c3ccc(=[NH+]CC)cc-3sc2c1. The van der Waals surface area contributed by atoms with E-state index in [2.05, 4.69) is 91.7 Å². The molecule has 0 atom stereocenters. The molecule has 0 spiro atoms. The highest BCUT2D eigenvalue weighted by atomic mass is 32.1. The van der Waals surface area contributed by atoms with E-state index in [0.717, 1.165) is 13.1 Å². The first-order valence-electron chi connectivity index (χ1n) is 9.58. The summed E-state index contributed by atoms with van der Waals surface area (Å²) in [7, 11) is 0. The average molecular weight is 374 g/mol. The number of anilines is 1. The van der Waals surface area contributed by atoms with Crippen LogP contribution in [0.4, 0.5) is 5.69 Å². The topological polar surface area (TPSA) is 26.0 Å². The molecule has 1 aliphatic carbocycles. The van der Waals surface area contributed by atoms with Gasteiger partial charge >= 0.3 is 0 Å². The summed E-state index contributed by atoms with van der Waals surface area (Å²) in [6, 6.07) is 22.2. The Morgan fingerprint density at radius 2 is 1.78 bits per heavy atom. The third-order valence-corrected chi connectivity index (χ3v) is 6.01. The van der Waals surface area contributed by atoms with Crippen molar-refractivity contribution in [3.63, 3.8) is 0 Å². The first-order valence-corrected chi connectivity index (χ1v) is 10.4. The van der Waals surface area contributed by atoms with Crippen LogP contribution in [0.1, 0.15) is 19.4 Å². The van der Waals surface area contributed by atoms with Gasteiger partial charge in [-0.05, 0) is 55.7 Å². The van der Waals surface area contributed by atoms with Gasteiger partial charge in [0.25, 0.3) is 0 Å². The van der Waals surface area contributed by atoms with Crippen LogP contribution in [0.15, 0.2) is 60.7 Å². The van der Waals surface area contributed by atoms with Crippen LogP contribution in [0.2, 0.25) is 0 Å². The van der Waals surface area contributed by atoms with Gasteiger partial charge in [-0.1, -0.05) is 30.3 Å². The van der Waals surface area contributed by atoms with E-state index < -0.39 is 0 Å². The highest BCUT2D eigenvalue weighted by Gasteiger charge is 2.17. The summed E-state index contributed by atoms with van der Waals surface area (Å²) >= 11 is 1.87. The van der Waals surface area contributed by atoms with Crippen molar-refractivity contribution < 1.29 is 4.99 Å². The minimum absolute atomic E-state index is 0.930. The molecule has 3 heteroatoms. The normalized spacial score (nSPS) is 12.0. The minimum Gasteiger partial charge on any atom is -0.385 e. The molecule has 0 aromatic heterocycles. The second-order valence-corrected chi connectivity index (χ2v) is 7.86. The van der Waals surface area contributed by atoms with Crippen LogP contribution in [0, 0.1) is 6.92 Å². The first-order chi connectivity index (χ1) is 13.2. The van der Waals surface area contributed by atoms with E-state index in [4.69, 9.17) is 0 Å². The van der Waals surface area contributed by atoms with E-state index in [9.17, 15) is 0 Å². The Hall–Kier alpha value is -2.65. The Labute approximate surface area is 164 Å². The molecule has 2 aromatic rings. The molecular formula is C24H25N2S+. The molecule has 136 valence electrons. The maximum atomic E-state index is 3.44. The zero-order valence-corrected chi connectivity index (χ0v) is 16.9. The number of fused-ring (bicyclic) bond motifs is 2. The molecule has 0 bridgehead atoms. The van der Waals surface area contributed by atoms with Crippen molar-refractivity contribution in [2.75, 3.05) is 18.4 Å². The van der Waals surface area contributed by atoms with Crippen molar-refractivity contribution in [2.45, 2.75) is 20.8 Å². The van der Waals surface area contributed by atoms with E-state index >= 15 is 0 Å². The van der Waals surface area contributed by atoms with Gasteiger partial charge in [0, 0.05) is 44.9 Å². The summed E-state index contributed by atoms with van der Waals surface area (Å²) < 4.78 is 1.31. The lowest BCUT2D eigenvalue weighted by molar-refractivity contribution is -0.496. The fraction of sp³-hybridized carbons (Fsp3) is 0.208. The number of hydrogen-bond acceptors (Lipinski definition) is 2. The Kier molecular flexibility index (Phi) is 4.95. The smallest absolute Gasteiger partial charge is 0.199 e. The van der Waals surface area contributed by atoms with E-state index in [0.29, 0.717) is 0 Å². The van der Waals surface area contributed by atoms with Crippen LogP contribution in [0.5, 0.6) is 0 Å². The quantitative estimate of drug-likeness (QED) is 0.509. The molecule has 0 amide bonds. The fourth-order valence-corrected chi connectivity index (χ4v) is 4.83. The molecule has 1 heterocycles. The molecule has 0 radical (unpaired) electrons. The Morgan fingerprint density at radius 1 is 0.926 bits per heavy atom. The van der Waals surface area contributed by atoms with E-state index in [1.54, 1.807) is 0 Å². The van der Waals surface area contributed by atoms with Gasteiger partial charge in [0.05, 0.1) is 0 Å². The maximum Gasteiger partial charge on any atom is 0.199 e. The highest BCUT2D eigenvalue weighted by Crippen LogP contribution is 2.44. The van der Waals surface area contributed by atoms with Gasteiger partial charge in [0.2, 0.25) is 0 Å². The average Bonchev–Trinajstić information content (AvgIpc) is 2.67. The summed E-state index contributed by atoms with van der Waals surface area (Å²) in [5, 5.41) is 5.94. The zero-order valence-electron chi connectivity index (χ0n) is 16.1. The van der Waals surface area contributed by atoms with Crippen LogP contribution < -0.4 is 15.7 Å². The van der Waals surface area contributed by atoms with Crippen molar-refractivity contribution >= 4 is 27.1 Å². The second-order valence-electron chi connectivity index (χ2n) is 6.77. The lowest BCUT2D eigenvalue weighted by atomic mass is 9.92. The Balaban J connectivity index is 2.11. The van der Waals surface area contributed by atoms with Crippen molar-refractivity contribution in [3.8, 4) is 21.6 Å². The van der Waals surface area contributed by atoms with Crippen LogP contribution in [0.3, 0.4) is 0 Å². The van der Waals surface area contributed by atoms with Crippen molar-refractivity contribution in [1.82, 2.24) is 0 Å². The number of hydrogen-bond donors (Lipinski definition) is 2. The van der Waals surface area contributed by atoms with Gasteiger partial charge in [-0.25, -0.2) is 4.99 Å². The largest absolute Gasteiger partial charge is 0.385 e. The molecule has 2 nitrogen and oxygen atoms in total. The summed E-state index contributed by atoms with van der Waals surface area (Å²) in [5.74, 6) is 0. The van der Waals surface area contributed by atoms with Crippen LogP contribution >= 0.6 is 11.3 Å². The van der Waals surface area contributed by atoms with Gasteiger partial charge in [-0.3, -0.25) is 0 Å². The van der Waals surface area contributed by atoms with E-state index in [1.165, 1.54) is 48.3 Å². The van der Waals surface area contributed by atoms with E-state index in [-0.39, 0.29) is 0 Å². The first kappa shape index (κ1) is 17.7. The monoisotopic (exact) mass is 373 g/mol. The maximum absolute atomic E-state index is 3.44. The van der Waals surface area contributed by atoms with Gasteiger partial charge in [-0.15, -0.1) is 11.3 Å². The molecule has 2 N–H and O–H groups in total. The number of nitrogens with one attached hydrogen (secondary N) is 2. The Bertz CT molecular complexity index is 1140. The molecule has 0 saturated carbocycles. The standard InChI is InChI=1S/C24H24N2S/c1-4-25-17-10-12-20-22(14-17)27-23-15-18(26-5-2)11-13-21(23)24(20)19-9-7-6-8-16(19)3/h6-15,25H,4-5H2,1-3H3/p+1. The van der Waals surface area contributed by atoms with Gasteiger partial charge in [0.15, 0.2) is 5.36 Å². The molecule has 4 rings (SSSR count). The summed E-state index contributed by atoms with van der Waals surface area (Å²) in [6.45, 7) is 8.33. The lowest BCUT2D eigenvalue weighted by Gasteiger charge is -2.17. The van der Waals surface area contributed by atoms with Gasteiger partial charge in [0.1, 0.15) is 6.54 Å². The second kappa shape index (κ2) is 7.53. The Morgan fingerprint density at radius 3 is 2.56 bits per heavy atom. The zero-order chi connectivity index (χ0) is 18.8. The molecular weight excluding hydrogens is 348 g/mol. The van der Waals surface area contributed by atoms with Crippen LogP contribution in [-0.4, -0.2) is 13.1 Å². The molecule has 1 aliphatic heterocycles. The van der Waals surface area contributed by atoms with Gasteiger partial charge in [-0.2, -0.15) is 0 Å². The fourth-order valence-electron chi connectivity index (χ4n) is 3.66. The predicted octanol–water partition coefficient (Wildman–Crippen LogP) is 4.41. The summed E-state index contributed by atoms with van der Waals surface area (Å²) in [4.78, 5) is 4.76. The third kappa shape index (κ3) is 3.35. The number of rotatable bonds is 4. The molecule has 0 saturated heterocycles. The predicted molar refractivity (Wildman–Crippen MR) is 117 cm³/mol. The van der Waals surface area contributed by atoms with Crippen LogP contribution in [-0.2, 0) is 0 Å². The minimum atomic E-state index is 0.930. The van der Waals surface area contributed by atoms with Gasteiger partial charge < -0.3 is 5.32 Å². The third-order valence-electron chi connectivity index (χ3n) is 4.90. The van der Waals surface area contributed by atoms with E-state index in [1.807, 2.05) is 11.3 Å². The number of aryl methyl sites for hydroxylation is 1. The molecule has 0 unspecified atom stereocenters. The molecule has 27 heavy (non-hydrogen) atoms. The van der Waals surface area contributed by atoms with Crippen molar-refractivity contribution in [2.24, 2.45) is 0 Å². The van der Waals surface area contributed by atoms with Crippen molar-refractivity contribution in [1.29, 1.82) is 0 Å². The lowest BCUT2D eigenvalue weighted by Crippen LogP contribution is -2.75. The molecule has 2 aromatic carbocycles. The number of benzene rings is 3. The summed E-state index contributed by atoms with van der Waals surface area (Å²) in [5.41, 5.74) is 6.46. The van der Waals surface area contributed by atoms with Crippen LogP contribution in [0.25, 0.3) is 31.7 Å². The summed E-state index contributed by atoms with van der Waals surface area (Å²) in [6.07, 6.45) is 0.